The normalized spacial score (nSPS) is 11.9. The molecule has 0 bridgehead atoms. The minimum atomic E-state index is -0.382. The third-order valence-corrected chi connectivity index (χ3v) is 5.71. The Bertz CT molecular complexity index is 1080. The Morgan fingerprint density at radius 3 is 1.67 bits per heavy atom. The number of rotatable bonds is 6. The van der Waals surface area contributed by atoms with Crippen molar-refractivity contribution in [1.82, 2.24) is 0 Å². The second kappa shape index (κ2) is 10.9. The van der Waals surface area contributed by atoms with E-state index >= 15 is 0 Å². The molecule has 3 rings (SSSR count). The van der Waals surface area contributed by atoms with Gasteiger partial charge in [-0.25, -0.2) is 0 Å². The summed E-state index contributed by atoms with van der Waals surface area (Å²) in [5, 5.41) is 6.11. The Kier molecular flexibility index (Phi) is 8.27. The molecule has 0 aromatic heterocycles. The lowest BCUT2D eigenvalue weighted by Gasteiger charge is -2.13. The van der Waals surface area contributed by atoms with Gasteiger partial charge in [0.2, 0.25) is 0 Å². The van der Waals surface area contributed by atoms with Gasteiger partial charge < -0.3 is 10.6 Å². The van der Waals surface area contributed by atoms with Crippen molar-refractivity contribution in [1.29, 1.82) is 0 Å². The largest absolute Gasteiger partial charge is 0.350 e. The molecule has 2 N–H and O–H groups in total. The molecule has 0 unspecified atom stereocenters. The summed E-state index contributed by atoms with van der Waals surface area (Å²) in [7, 11) is 0. The van der Waals surface area contributed by atoms with E-state index in [-0.39, 0.29) is 16.6 Å². The molecule has 152 valence electrons. The van der Waals surface area contributed by atoms with Gasteiger partial charge in [0.05, 0.1) is 10.7 Å². The highest BCUT2D eigenvalue weighted by Gasteiger charge is 2.15. The summed E-state index contributed by atoms with van der Waals surface area (Å²) in [6.07, 6.45) is 1.45. The first-order valence-corrected chi connectivity index (χ1v) is 11.5. The molecule has 0 atom stereocenters. The zero-order valence-corrected chi connectivity index (χ0v) is 20.9. The zero-order chi connectivity index (χ0) is 21.5. The van der Waals surface area contributed by atoms with Gasteiger partial charge >= 0.3 is 0 Å². The topological polar surface area (TPSA) is 53.5 Å². The molecule has 0 saturated carbocycles. The highest BCUT2D eigenvalue weighted by molar-refractivity contribution is 9.11. The van der Waals surface area contributed by atoms with Crippen LogP contribution in [0.5, 0.6) is 0 Å². The summed E-state index contributed by atoms with van der Waals surface area (Å²) in [6.45, 7) is 0. The van der Waals surface area contributed by atoms with Gasteiger partial charge in [0.25, 0.3) is 5.91 Å². The summed E-state index contributed by atoms with van der Waals surface area (Å²) in [6, 6.07) is 22.1. The first-order chi connectivity index (χ1) is 14.4. The van der Waals surface area contributed by atoms with Crippen molar-refractivity contribution in [3.05, 3.63) is 96.9 Å². The molecule has 0 aliphatic carbocycles. The van der Waals surface area contributed by atoms with E-state index in [2.05, 4.69) is 63.4 Å². The van der Waals surface area contributed by atoms with E-state index in [1.165, 1.54) is 6.21 Å². The van der Waals surface area contributed by atoms with Gasteiger partial charge in [0.15, 0.2) is 0 Å². The van der Waals surface area contributed by atoms with E-state index in [0.29, 0.717) is 17.1 Å². The minimum absolute atomic E-state index is 0.176. The molecule has 0 aliphatic rings. The van der Waals surface area contributed by atoms with Crippen molar-refractivity contribution in [2.24, 2.45) is 4.99 Å². The molecular formula is C22H15Br3ClN3O. The first-order valence-electron chi connectivity index (χ1n) is 8.69. The number of hydrogen-bond acceptors (Lipinski definition) is 3. The lowest BCUT2D eigenvalue weighted by atomic mass is 10.2. The van der Waals surface area contributed by atoms with Crippen molar-refractivity contribution < 1.29 is 4.79 Å². The summed E-state index contributed by atoms with van der Waals surface area (Å²) in [5.41, 5.74) is 2.26. The average molecular weight is 613 g/mol. The van der Waals surface area contributed by atoms with Crippen LogP contribution >= 0.6 is 59.4 Å². The number of amides is 1. The third kappa shape index (κ3) is 6.80. The highest BCUT2D eigenvalue weighted by Crippen LogP contribution is 2.22. The number of carbonyl (C=O) groups excluding carboxylic acids is 1. The Hall–Kier alpha value is -1.93. The maximum Gasteiger partial charge on any atom is 0.273 e. The number of carbonyl (C=O) groups is 1. The van der Waals surface area contributed by atoms with E-state index in [1.807, 2.05) is 60.7 Å². The molecule has 0 heterocycles. The van der Waals surface area contributed by atoms with Gasteiger partial charge in [-0.3, -0.25) is 9.79 Å². The van der Waals surface area contributed by atoms with Crippen LogP contribution in [0.2, 0.25) is 0 Å². The van der Waals surface area contributed by atoms with Crippen molar-refractivity contribution >= 4 is 88.6 Å². The van der Waals surface area contributed by atoms with Crippen LogP contribution in [0.25, 0.3) is 0 Å². The quantitative estimate of drug-likeness (QED) is 0.220. The second-order valence-electron chi connectivity index (χ2n) is 6.05. The smallest absolute Gasteiger partial charge is 0.273 e. The fourth-order valence-electron chi connectivity index (χ4n) is 2.35. The maximum atomic E-state index is 13.0. The lowest BCUT2D eigenvalue weighted by molar-refractivity contribution is -0.112. The minimum Gasteiger partial charge on any atom is -0.350 e. The molecule has 0 aliphatic heterocycles. The molecule has 3 aromatic rings. The molecular weight excluding hydrogens is 597 g/mol. The number of benzene rings is 3. The predicted octanol–water partition coefficient (Wildman–Crippen LogP) is 7.88. The van der Waals surface area contributed by atoms with E-state index < -0.39 is 0 Å². The molecule has 3 aromatic carbocycles. The van der Waals surface area contributed by atoms with Gasteiger partial charge in [-0.15, -0.1) is 0 Å². The van der Waals surface area contributed by atoms with Gasteiger partial charge in [-0.05, 0) is 72.8 Å². The number of halogens is 4. The number of nitrogens with one attached hydrogen (secondary N) is 2. The van der Waals surface area contributed by atoms with E-state index in [0.717, 1.165) is 13.4 Å². The van der Waals surface area contributed by atoms with Crippen molar-refractivity contribution in [3.8, 4) is 0 Å². The van der Waals surface area contributed by atoms with Crippen LogP contribution in [0.1, 0.15) is 0 Å². The van der Waals surface area contributed by atoms with Crippen molar-refractivity contribution in [2.45, 2.75) is 0 Å². The van der Waals surface area contributed by atoms with Gasteiger partial charge in [-0.1, -0.05) is 59.4 Å². The van der Waals surface area contributed by atoms with Crippen LogP contribution in [0.15, 0.2) is 102 Å². The highest BCUT2D eigenvalue weighted by atomic mass is 79.9. The van der Waals surface area contributed by atoms with E-state index in [1.54, 1.807) is 12.1 Å². The van der Waals surface area contributed by atoms with Crippen molar-refractivity contribution in [2.75, 3.05) is 10.6 Å². The zero-order valence-electron chi connectivity index (χ0n) is 15.4. The van der Waals surface area contributed by atoms with Crippen LogP contribution in [0.3, 0.4) is 0 Å². The standard InChI is InChI=1S/C22H15Br3ClN3O/c23-14-1-7-17(8-2-14)27-13-20(26)21(28-18-9-3-15(24)4-10-18)22(30)29-19-11-5-16(25)6-12-19/h1-13,28H,(H,29,30). The summed E-state index contributed by atoms with van der Waals surface area (Å²) in [5.74, 6) is -0.382. The molecule has 1 amide bonds. The number of allylic oxidation sites excluding steroid dienone is 1. The van der Waals surface area contributed by atoms with Crippen LogP contribution in [0, 0.1) is 0 Å². The summed E-state index contributed by atoms with van der Waals surface area (Å²) < 4.78 is 2.80. The molecule has 30 heavy (non-hydrogen) atoms. The fraction of sp³-hybridized carbons (Fsp3) is 0. The van der Waals surface area contributed by atoms with Crippen LogP contribution in [-0.4, -0.2) is 12.1 Å². The SMILES string of the molecule is O=C(Nc1ccc(Br)cc1)C(Nc1ccc(Br)cc1)=C(Cl)C=Nc1ccc(Br)cc1. The van der Waals surface area contributed by atoms with E-state index in [4.69, 9.17) is 11.6 Å². The Morgan fingerprint density at radius 1 is 0.733 bits per heavy atom. The fourth-order valence-corrected chi connectivity index (χ4v) is 3.33. The number of anilines is 2. The monoisotopic (exact) mass is 609 g/mol. The third-order valence-electron chi connectivity index (χ3n) is 3.84. The van der Waals surface area contributed by atoms with Crippen molar-refractivity contribution in [3.63, 3.8) is 0 Å². The van der Waals surface area contributed by atoms with Crippen LogP contribution in [0.4, 0.5) is 17.1 Å². The molecule has 0 radical (unpaired) electrons. The summed E-state index contributed by atoms with van der Waals surface area (Å²) in [4.78, 5) is 17.3. The number of aliphatic imine (C=N–C) groups is 1. The second-order valence-corrected chi connectivity index (χ2v) is 9.20. The molecule has 0 spiro atoms. The average Bonchev–Trinajstić information content (AvgIpc) is 2.74. The maximum absolute atomic E-state index is 13.0. The Labute approximate surface area is 204 Å². The van der Waals surface area contributed by atoms with Gasteiger partial charge in [0.1, 0.15) is 5.70 Å². The molecule has 4 nitrogen and oxygen atoms in total. The Balaban J connectivity index is 1.89. The van der Waals surface area contributed by atoms with E-state index in [9.17, 15) is 4.79 Å². The van der Waals surface area contributed by atoms with Gasteiger partial charge in [-0.2, -0.15) is 0 Å². The number of hydrogen-bond donors (Lipinski definition) is 2. The lowest BCUT2D eigenvalue weighted by Crippen LogP contribution is -2.21. The Morgan fingerprint density at radius 2 is 1.17 bits per heavy atom. The molecule has 0 fully saturated rings. The van der Waals surface area contributed by atoms with Crippen LogP contribution in [-0.2, 0) is 4.79 Å². The van der Waals surface area contributed by atoms with Crippen LogP contribution < -0.4 is 10.6 Å². The molecule has 8 heteroatoms. The predicted molar refractivity (Wildman–Crippen MR) is 136 cm³/mol. The number of nitrogens with zero attached hydrogens (tertiary/aromatic N) is 1. The first kappa shape index (κ1) is 22.7. The van der Waals surface area contributed by atoms with Gasteiger partial charge in [0, 0.05) is 31.0 Å². The summed E-state index contributed by atoms with van der Waals surface area (Å²) >= 11 is 16.6. The molecule has 0 saturated heterocycles.